The molecule has 1 aromatic carbocycles. The van der Waals surface area contributed by atoms with E-state index in [-0.39, 0.29) is 5.91 Å². The Kier molecular flexibility index (Phi) is 8.58. The van der Waals surface area contributed by atoms with Crippen LogP contribution < -0.4 is 5.32 Å². The molecule has 142 valence electrons. The minimum absolute atomic E-state index is 0.312. The molecule has 0 radical (unpaired) electrons. The monoisotopic (exact) mass is 377 g/mol. The maximum Gasteiger partial charge on any atom is 0.261 e. The molecule has 0 fully saturated rings. The van der Waals surface area contributed by atoms with E-state index in [0.717, 1.165) is 17.7 Å². The molecule has 0 spiro atoms. The van der Waals surface area contributed by atoms with Crippen molar-refractivity contribution in [3.8, 4) is 0 Å². The molecule has 0 aliphatic carbocycles. The second kappa shape index (κ2) is 10.2. The molecular weight excluding hydrogens is 349 g/mol. The molecule has 1 amide bonds. The van der Waals surface area contributed by atoms with Crippen LogP contribution in [0.4, 0.5) is 10.1 Å². The molecule has 1 atom stereocenters. The number of fused-ring (bicyclic) bond motifs is 1. The largest absolute Gasteiger partial charge is 0.321 e. The third-order valence-electron chi connectivity index (χ3n) is 3.73. The maximum absolute atomic E-state index is 14.1. The van der Waals surface area contributed by atoms with Crippen LogP contribution in [0.25, 0.3) is 10.9 Å². The summed E-state index contributed by atoms with van der Waals surface area (Å²) < 4.78 is 15.6. The van der Waals surface area contributed by atoms with Gasteiger partial charge in [0.05, 0.1) is 15.8 Å². The first-order chi connectivity index (χ1) is 12.3. The van der Waals surface area contributed by atoms with E-state index < -0.39 is 5.82 Å². The Morgan fingerprint density at radius 3 is 2.65 bits per heavy atom. The molecule has 0 saturated carbocycles. The van der Waals surface area contributed by atoms with Gasteiger partial charge in [-0.25, -0.2) is 4.39 Å². The number of benzene rings is 1. The number of nitrogens with zero attached hydrogens (tertiary/aromatic N) is 2. The summed E-state index contributed by atoms with van der Waals surface area (Å²) in [5, 5.41) is 7.25. The standard InChI is InChI=1S/C18H22FN3OS.C2H6/c1-6-7-11(2)12(3)24-13(4)18(23)20-14-8-16(19)15-10-22(5)21-17(15)9-14;1-2/h8-11H,3-4,6-7H2,1-2,5H3,(H,20,23);1-2H3. The number of thioether (sulfide) groups is 1. The molecule has 26 heavy (non-hydrogen) atoms. The first-order valence-electron chi connectivity index (χ1n) is 8.81. The fourth-order valence-electron chi connectivity index (χ4n) is 2.37. The van der Waals surface area contributed by atoms with Crippen molar-refractivity contribution in [2.45, 2.75) is 40.5 Å². The van der Waals surface area contributed by atoms with Gasteiger partial charge in [-0.05, 0) is 29.4 Å². The number of aryl methyl sites for hydroxylation is 1. The van der Waals surface area contributed by atoms with E-state index >= 15 is 0 Å². The highest BCUT2D eigenvalue weighted by molar-refractivity contribution is 8.07. The fourth-order valence-corrected chi connectivity index (χ4v) is 3.15. The average molecular weight is 378 g/mol. The maximum atomic E-state index is 14.1. The first-order valence-corrected chi connectivity index (χ1v) is 9.63. The van der Waals surface area contributed by atoms with Crippen molar-refractivity contribution in [1.82, 2.24) is 9.78 Å². The minimum Gasteiger partial charge on any atom is -0.321 e. The summed E-state index contributed by atoms with van der Waals surface area (Å²) in [5.41, 5.74) is 0.852. The van der Waals surface area contributed by atoms with Crippen LogP contribution in [0, 0.1) is 11.7 Å². The summed E-state index contributed by atoms with van der Waals surface area (Å²) in [6.07, 6.45) is 3.68. The van der Waals surface area contributed by atoms with Crippen LogP contribution in [0.3, 0.4) is 0 Å². The number of nitrogens with one attached hydrogen (secondary N) is 1. The molecule has 2 aromatic rings. The summed E-state index contributed by atoms with van der Waals surface area (Å²) in [6, 6.07) is 2.93. The van der Waals surface area contributed by atoms with Gasteiger partial charge in [0, 0.05) is 18.9 Å². The van der Waals surface area contributed by atoms with E-state index in [9.17, 15) is 9.18 Å². The number of allylic oxidation sites excluding steroid dienone is 1. The number of amides is 1. The number of anilines is 1. The van der Waals surface area contributed by atoms with Crippen molar-refractivity contribution in [2.24, 2.45) is 13.0 Å². The number of halogens is 1. The SMILES string of the molecule is C=C(SC(=C)C(C)CCC)C(=O)Nc1cc(F)c2cn(C)nc2c1.CC. The summed E-state index contributed by atoms with van der Waals surface area (Å²) >= 11 is 1.27. The molecule has 1 unspecified atom stereocenters. The van der Waals surface area contributed by atoms with Gasteiger partial charge < -0.3 is 5.32 Å². The van der Waals surface area contributed by atoms with Crippen LogP contribution in [0.15, 0.2) is 41.3 Å². The minimum atomic E-state index is -0.421. The van der Waals surface area contributed by atoms with Crippen molar-refractivity contribution >= 4 is 34.3 Å². The quantitative estimate of drug-likeness (QED) is 0.614. The van der Waals surface area contributed by atoms with Crippen molar-refractivity contribution < 1.29 is 9.18 Å². The lowest BCUT2D eigenvalue weighted by Gasteiger charge is -2.14. The Bertz CT molecular complexity index is 798. The average Bonchev–Trinajstić information content (AvgIpc) is 2.97. The molecule has 6 heteroatoms. The lowest BCUT2D eigenvalue weighted by atomic mass is 10.1. The van der Waals surface area contributed by atoms with E-state index in [1.54, 1.807) is 19.3 Å². The predicted octanol–water partition coefficient (Wildman–Crippen LogP) is 5.87. The van der Waals surface area contributed by atoms with E-state index in [4.69, 9.17) is 0 Å². The zero-order valence-electron chi connectivity index (χ0n) is 16.2. The van der Waals surface area contributed by atoms with Crippen LogP contribution in [-0.4, -0.2) is 15.7 Å². The van der Waals surface area contributed by atoms with E-state index in [1.165, 1.54) is 22.5 Å². The van der Waals surface area contributed by atoms with Gasteiger partial charge >= 0.3 is 0 Å². The van der Waals surface area contributed by atoms with Crippen LogP contribution in [0.2, 0.25) is 0 Å². The highest BCUT2D eigenvalue weighted by Gasteiger charge is 2.15. The first kappa shape index (κ1) is 22.0. The van der Waals surface area contributed by atoms with Crippen LogP contribution >= 0.6 is 11.8 Å². The van der Waals surface area contributed by atoms with Gasteiger partial charge in [0.2, 0.25) is 0 Å². The van der Waals surface area contributed by atoms with Crippen LogP contribution in [0.5, 0.6) is 0 Å². The molecule has 0 aliphatic rings. The van der Waals surface area contributed by atoms with Gasteiger partial charge in [0.1, 0.15) is 5.82 Å². The predicted molar refractivity (Wildman–Crippen MR) is 111 cm³/mol. The summed E-state index contributed by atoms with van der Waals surface area (Å²) in [6.45, 7) is 16.0. The Hall–Kier alpha value is -2.08. The van der Waals surface area contributed by atoms with Crippen molar-refractivity contribution in [3.05, 3.63) is 47.1 Å². The van der Waals surface area contributed by atoms with Crippen LogP contribution in [0.1, 0.15) is 40.5 Å². The second-order valence-electron chi connectivity index (χ2n) is 5.83. The summed E-state index contributed by atoms with van der Waals surface area (Å²) in [5.74, 6) is -0.471. The van der Waals surface area contributed by atoms with Gasteiger partial charge in [-0.3, -0.25) is 9.48 Å². The van der Waals surface area contributed by atoms with E-state index in [1.807, 2.05) is 13.8 Å². The smallest absolute Gasteiger partial charge is 0.261 e. The lowest BCUT2D eigenvalue weighted by molar-refractivity contribution is -0.112. The van der Waals surface area contributed by atoms with Crippen molar-refractivity contribution in [1.29, 1.82) is 0 Å². The van der Waals surface area contributed by atoms with Crippen molar-refractivity contribution in [2.75, 3.05) is 5.32 Å². The zero-order valence-corrected chi connectivity index (χ0v) is 17.0. The summed E-state index contributed by atoms with van der Waals surface area (Å²) in [4.78, 5) is 13.5. The third kappa shape index (κ3) is 5.73. The van der Waals surface area contributed by atoms with Gasteiger partial charge in [0.25, 0.3) is 5.91 Å². The molecule has 0 saturated heterocycles. The molecule has 1 N–H and O–H groups in total. The molecule has 0 aliphatic heterocycles. The highest BCUT2D eigenvalue weighted by Crippen LogP contribution is 2.32. The Balaban J connectivity index is 0.00000163. The number of carbonyl (C=O) groups excluding carboxylic acids is 1. The Labute approximate surface area is 159 Å². The van der Waals surface area contributed by atoms with Gasteiger partial charge in [-0.1, -0.05) is 59.0 Å². The number of rotatable bonds is 7. The number of aromatic nitrogens is 2. The number of hydrogen-bond donors (Lipinski definition) is 1. The van der Waals surface area contributed by atoms with Crippen LogP contribution in [-0.2, 0) is 11.8 Å². The number of carbonyl (C=O) groups is 1. The molecule has 4 nitrogen and oxygen atoms in total. The van der Waals surface area contributed by atoms with Gasteiger partial charge in [-0.15, -0.1) is 0 Å². The van der Waals surface area contributed by atoms with Gasteiger partial charge in [0.15, 0.2) is 0 Å². The normalized spacial score (nSPS) is 11.5. The second-order valence-corrected chi connectivity index (χ2v) is 7.05. The number of hydrogen-bond acceptors (Lipinski definition) is 3. The molecule has 0 bridgehead atoms. The molecule has 2 rings (SSSR count). The third-order valence-corrected chi connectivity index (χ3v) is 4.82. The molecular formula is C20H28FN3OS. The Morgan fingerprint density at radius 1 is 1.38 bits per heavy atom. The fraction of sp³-hybridized carbons (Fsp3) is 0.400. The summed E-state index contributed by atoms with van der Waals surface area (Å²) in [7, 11) is 1.72. The van der Waals surface area contributed by atoms with E-state index in [0.29, 0.717) is 27.4 Å². The molecule has 1 heterocycles. The van der Waals surface area contributed by atoms with E-state index in [2.05, 4.69) is 37.4 Å². The topological polar surface area (TPSA) is 46.9 Å². The zero-order chi connectivity index (χ0) is 19.9. The van der Waals surface area contributed by atoms with Gasteiger partial charge in [-0.2, -0.15) is 5.10 Å². The molecule has 1 aromatic heterocycles. The Morgan fingerprint density at radius 2 is 2.04 bits per heavy atom. The van der Waals surface area contributed by atoms with Crippen molar-refractivity contribution in [3.63, 3.8) is 0 Å². The highest BCUT2D eigenvalue weighted by atomic mass is 32.2. The lowest BCUT2D eigenvalue weighted by Crippen LogP contribution is -2.12.